The van der Waals surface area contributed by atoms with E-state index in [0.717, 1.165) is 12.2 Å². The predicted octanol–water partition coefficient (Wildman–Crippen LogP) is 1.64. The SMILES string of the molecule is CNCC(C)N1Cc2ccccc2NC1=O. The van der Waals surface area contributed by atoms with E-state index in [9.17, 15) is 4.79 Å². The Hall–Kier alpha value is -1.55. The van der Waals surface area contributed by atoms with Crippen LogP contribution in [0.5, 0.6) is 0 Å². The smallest absolute Gasteiger partial charge is 0.318 e. The fourth-order valence-electron chi connectivity index (χ4n) is 1.98. The summed E-state index contributed by atoms with van der Waals surface area (Å²) in [6.45, 7) is 3.53. The number of carbonyl (C=O) groups is 1. The number of urea groups is 1. The Morgan fingerprint density at radius 1 is 1.50 bits per heavy atom. The lowest BCUT2D eigenvalue weighted by Gasteiger charge is -2.33. The molecule has 4 heteroatoms. The molecule has 0 bridgehead atoms. The van der Waals surface area contributed by atoms with Gasteiger partial charge in [0.15, 0.2) is 0 Å². The lowest BCUT2D eigenvalue weighted by Crippen LogP contribution is -2.47. The van der Waals surface area contributed by atoms with E-state index in [1.54, 1.807) is 0 Å². The van der Waals surface area contributed by atoms with Crippen LogP contribution >= 0.6 is 0 Å². The highest BCUT2D eigenvalue weighted by Gasteiger charge is 2.25. The van der Waals surface area contributed by atoms with E-state index in [2.05, 4.69) is 10.6 Å². The van der Waals surface area contributed by atoms with Crippen LogP contribution in [0.15, 0.2) is 24.3 Å². The summed E-state index contributed by atoms with van der Waals surface area (Å²) in [4.78, 5) is 13.7. The number of hydrogen-bond acceptors (Lipinski definition) is 2. The van der Waals surface area contributed by atoms with Gasteiger partial charge in [-0.3, -0.25) is 0 Å². The Morgan fingerprint density at radius 2 is 2.25 bits per heavy atom. The Balaban J connectivity index is 2.18. The molecule has 0 saturated carbocycles. The molecule has 0 aliphatic carbocycles. The van der Waals surface area contributed by atoms with Crippen molar-refractivity contribution in [3.8, 4) is 0 Å². The number of rotatable bonds is 3. The summed E-state index contributed by atoms with van der Waals surface area (Å²) in [6, 6.07) is 8.10. The molecule has 0 aromatic heterocycles. The molecule has 0 radical (unpaired) electrons. The van der Waals surface area contributed by atoms with Crippen LogP contribution in [0.4, 0.5) is 10.5 Å². The van der Waals surface area contributed by atoms with Gasteiger partial charge in [0.2, 0.25) is 0 Å². The third-order valence-corrected chi connectivity index (χ3v) is 2.89. The van der Waals surface area contributed by atoms with E-state index in [0.29, 0.717) is 6.54 Å². The van der Waals surface area contributed by atoms with Crippen LogP contribution in [-0.2, 0) is 6.54 Å². The monoisotopic (exact) mass is 219 g/mol. The molecule has 1 atom stereocenters. The Morgan fingerprint density at radius 3 is 3.00 bits per heavy atom. The highest BCUT2D eigenvalue weighted by Crippen LogP contribution is 2.23. The highest BCUT2D eigenvalue weighted by molar-refractivity contribution is 5.92. The zero-order valence-corrected chi connectivity index (χ0v) is 9.66. The van der Waals surface area contributed by atoms with Gasteiger partial charge in [-0.2, -0.15) is 0 Å². The Bertz CT molecular complexity index is 392. The summed E-state index contributed by atoms with van der Waals surface area (Å²) >= 11 is 0. The molecule has 1 aliphatic rings. The topological polar surface area (TPSA) is 44.4 Å². The van der Waals surface area contributed by atoms with Crippen molar-refractivity contribution in [2.75, 3.05) is 18.9 Å². The van der Waals surface area contributed by atoms with Crippen LogP contribution in [0.1, 0.15) is 12.5 Å². The number of fused-ring (bicyclic) bond motifs is 1. The van der Waals surface area contributed by atoms with Crippen LogP contribution in [0, 0.1) is 0 Å². The Labute approximate surface area is 95.6 Å². The number of benzene rings is 1. The van der Waals surface area contributed by atoms with Crippen molar-refractivity contribution in [2.45, 2.75) is 19.5 Å². The molecule has 4 nitrogen and oxygen atoms in total. The molecule has 86 valence electrons. The first kappa shape index (κ1) is 11.0. The fourth-order valence-corrected chi connectivity index (χ4v) is 1.98. The average Bonchev–Trinajstić information content (AvgIpc) is 2.28. The van der Waals surface area contributed by atoms with E-state index in [1.165, 1.54) is 5.56 Å². The number of nitrogens with one attached hydrogen (secondary N) is 2. The van der Waals surface area contributed by atoms with E-state index >= 15 is 0 Å². The summed E-state index contributed by atoms with van der Waals surface area (Å²) in [7, 11) is 1.90. The Kier molecular flexibility index (Phi) is 3.10. The van der Waals surface area contributed by atoms with Crippen molar-refractivity contribution in [3.63, 3.8) is 0 Å². The number of para-hydroxylation sites is 1. The molecule has 0 fully saturated rings. The summed E-state index contributed by atoms with van der Waals surface area (Å²) < 4.78 is 0. The van der Waals surface area contributed by atoms with Gasteiger partial charge < -0.3 is 15.5 Å². The van der Waals surface area contributed by atoms with Gasteiger partial charge >= 0.3 is 6.03 Å². The average molecular weight is 219 g/mol. The van der Waals surface area contributed by atoms with Crippen LogP contribution in [0.25, 0.3) is 0 Å². The third-order valence-electron chi connectivity index (χ3n) is 2.89. The van der Waals surface area contributed by atoms with Gasteiger partial charge in [-0.1, -0.05) is 18.2 Å². The van der Waals surface area contributed by atoms with Gasteiger partial charge in [0, 0.05) is 24.8 Å². The van der Waals surface area contributed by atoms with E-state index < -0.39 is 0 Å². The molecule has 2 rings (SSSR count). The second kappa shape index (κ2) is 4.53. The largest absolute Gasteiger partial charge is 0.322 e. The van der Waals surface area contributed by atoms with E-state index in [4.69, 9.17) is 0 Å². The first-order chi connectivity index (χ1) is 7.72. The van der Waals surface area contributed by atoms with Crippen LogP contribution in [-0.4, -0.2) is 30.6 Å². The lowest BCUT2D eigenvalue weighted by molar-refractivity contribution is 0.185. The number of carbonyl (C=O) groups excluding carboxylic acids is 1. The van der Waals surface area contributed by atoms with Crippen molar-refractivity contribution in [1.82, 2.24) is 10.2 Å². The van der Waals surface area contributed by atoms with Gasteiger partial charge in [-0.15, -0.1) is 0 Å². The second-order valence-electron chi connectivity index (χ2n) is 4.12. The molecule has 1 aliphatic heterocycles. The summed E-state index contributed by atoms with van der Waals surface area (Å²) in [5.74, 6) is 0. The molecule has 1 aromatic rings. The molecule has 1 heterocycles. The van der Waals surface area contributed by atoms with Gasteiger partial charge in [-0.25, -0.2) is 4.79 Å². The first-order valence-electron chi connectivity index (χ1n) is 5.52. The fraction of sp³-hybridized carbons (Fsp3) is 0.417. The van der Waals surface area contributed by atoms with Gasteiger partial charge in [0.05, 0.1) is 0 Å². The van der Waals surface area contributed by atoms with Crippen LogP contribution in [0.2, 0.25) is 0 Å². The standard InChI is InChI=1S/C12H17N3O/c1-9(7-13-2)15-8-10-5-3-4-6-11(10)14-12(15)16/h3-6,9,13H,7-8H2,1-2H3,(H,14,16). The minimum atomic E-state index is -0.0125. The van der Waals surface area contributed by atoms with Gasteiger partial charge in [-0.05, 0) is 25.6 Å². The highest BCUT2D eigenvalue weighted by atomic mass is 16.2. The maximum absolute atomic E-state index is 11.9. The normalized spacial score (nSPS) is 16.6. The molecule has 0 saturated heterocycles. The van der Waals surface area contributed by atoms with Crippen molar-refractivity contribution < 1.29 is 4.79 Å². The molecule has 0 spiro atoms. The van der Waals surface area contributed by atoms with Crippen LogP contribution < -0.4 is 10.6 Å². The minimum Gasteiger partial charge on any atom is -0.318 e. The molecular weight excluding hydrogens is 202 g/mol. The van der Waals surface area contributed by atoms with Crippen LogP contribution in [0.3, 0.4) is 0 Å². The quantitative estimate of drug-likeness (QED) is 0.811. The molecule has 1 aromatic carbocycles. The number of likely N-dealkylation sites (N-methyl/N-ethyl adjacent to an activating group) is 1. The minimum absolute atomic E-state index is 0.0125. The molecule has 2 amide bonds. The van der Waals surface area contributed by atoms with E-state index in [1.807, 2.05) is 43.1 Å². The molecule has 2 N–H and O–H groups in total. The summed E-state index contributed by atoms with van der Waals surface area (Å²) in [5.41, 5.74) is 2.10. The third kappa shape index (κ3) is 2.02. The zero-order valence-electron chi connectivity index (χ0n) is 9.66. The van der Waals surface area contributed by atoms with Gasteiger partial charge in [0.25, 0.3) is 0 Å². The van der Waals surface area contributed by atoms with E-state index in [-0.39, 0.29) is 12.1 Å². The maximum Gasteiger partial charge on any atom is 0.322 e. The van der Waals surface area contributed by atoms with Crippen molar-refractivity contribution in [1.29, 1.82) is 0 Å². The molecule has 1 unspecified atom stereocenters. The number of amides is 2. The van der Waals surface area contributed by atoms with Gasteiger partial charge in [0.1, 0.15) is 0 Å². The van der Waals surface area contributed by atoms with Crippen molar-refractivity contribution in [3.05, 3.63) is 29.8 Å². The number of nitrogens with zero attached hydrogens (tertiary/aromatic N) is 1. The number of anilines is 1. The predicted molar refractivity (Wildman–Crippen MR) is 64.4 cm³/mol. The van der Waals surface area contributed by atoms with Crippen molar-refractivity contribution in [2.24, 2.45) is 0 Å². The first-order valence-corrected chi connectivity index (χ1v) is 5.52. The van der Waals surface area contributed by atoms with Crippen molar-refractivity contribution >= 4 is 11.7 Å². The summed E-state index contributed by atoms with van der Waals surface area (Å²) in [5, 5.41) is 6.00. The maximum atomic E-state index is 11.9. The number of hydrogen-bond donors (Lipinski definition) is 2. The molecule has 16 heavy (non-hydrogen) atoms. The summed E-state index contributed by atoms with van der Waals surface area (Å²) in [6.07, 6.45) is 0. The molecular formula is C12H17N3O. The second-order valence-corrected chi connectivity index (χ2v) is 4.12. The lowest BCUT2D eigenvalue weighted by atomic mass is 10.1. The zero-order chi connectivity index (χ0) is 11.5.